The van der Waals surface area contributed by atoms with Crippen molar-refractivity contribution in [3.05, 3.63) is 24.0 Å². The number of nitrogens with zero attached hydrogens (tertiary/aromatic N) is 1. The summed E-state index contributed by atoms with van der Waals surface area (Å²) in [5.41, 5.74) is 0.956. The number of hydrogen-bond donors (Lipinski definition) is 1. The van der Waals surface area contributed by atoms with Gasteiger partial charge in [0.15, 0.2) is 11.6 Å². The minimum Gasteiger partial charge on any atom is -0.491 e. The van der Waals surface area contributed by atoms with E-state index < -0.39 is 0 Å². The number of piperidine rings is 1. The summed E-state index contributed by atoms with van der Waals surface area (Å²) in [6.07, 6.45) is 3.38. The Balaban J connectivity index is 2.01. The molecule has 0 bridgehead atoms. The molecule has 2 atom stereocenters. The molecule has 1 aliphatic rings. The Morgan fingerprint density at radius 1 is 1.38 bits per heavy atom. The van der Waals surface area contributed by atoms with E-state index in [0.717, 1.165) is 31.6 Å². The van der Waals surface area contributed by atoms with Crippen molar-refractivity contribution in [1.82, 2.24) is 5.32 Å². The minimum atomic E-state index is -0.271. The molecule has 1 aromatic rings. The van der Waals surface area contributed by atoms with Gasteiger partial charge in [-0.2, -0.15) is 0 Å². The first-order valence-electron chi connectivity index (χ1n) is 8.08. The second-order valence-corrected chi connectivity index (χ2v) is 5.77. The normalized spacial score (nSPS) is 22.4. The summed E-state index contributed by atoms with van der Waals surface area (Å²) in [6, 6.07) is 6.31. The van der Waals surface area contributed by atoms with Crippen LogP contribution in [-0.4, -0.2) is 31.8 Å². The lowest BCUT2D eigenvalue weighted by Crippen LogP contribution is -2.47. The van der Waals surface area contributed by atoms with E-state index in [0.29, 0.717) is 24.4 Å². The predicted molar refractivity (Wildman–Crippen MR) is 85.7 cm³/mol. The maximum absolute atomic E-state index is 14.0. The number of halogens is 1. The summed E-state index contributed by atoms with van der Waals surface area (Å²) in [7, 11) is 0. The van der Waals surface area contributed by atoms with E-state index in [1.807, 2.05) is 13.0 Å². The molecule has 1 heterocycles. The average Bonchev–Trinajstić information content (AvgIpc) is 2.47. The quantitative estimate of drug-likeness (QED) is 0.868. The maximum Gasteiger partial charge on any atom is 0.167 e. The van der Waals surface area contributed by atoms with Gasteiger partial charge in [0.1, 0.15) is 0 Å². The molecule has 1 aromatic carbocycles. The van der Waals surface area contributed by atoms with Crippen LogP contribution in [0.1, 0.15) is 40.0 Å². The smallest absolute Gasteiger partial charge is 0.167 e. The minimum absolute atomic E-state index is 0.271. The van der Waals surface area contributed by atoms with Gasteiger partial charge in [-0.05, 0) is 51.8 Å². The first kappa shape index (κ1) is 16.1. The third-order valence-electron chi connectivity index (χ3n) is 4.11. The first-order valence-corrected chi connectivity index (χ1v) is 8.08. The van der Waals surface area contributed by atoms with Crippen LogP contribution < -0.4 is 15.0 Å². The van der Waals surface area contributed by atoms with Gasteiger partial charge in [0.05, 0.1) is 6.61 Å². The summed E-state index contributed by atoms with van der Waals surface area (Å²) < 4.78 is 19.3. The molecule has 0 aliphatic carbocycles. The largest absolute Gasteiger partial charge is 0.491 e. The van der Waals surface area contributed by atoms with Crippen LogP contribution in [0.5, 0.6) is 5.75 Å². The summed E-state index contributed by atoms with van der Waals surface area (Å²) in [5.74, 6) is 0.0705. The molecule has 1 saturated heterocycles. The third-order valence-corrected chi connectivity index (χ3v) is 4.11. The van der Waals surface area contributed by atoms with Gasteiger partial charge >= 0.3 is 0 Å². The van der Waals surface area contributed by atoms with Gasteiger partial charge in [0.25, 0.3) is 0 Å². The van der Waals surface area contributed by atoms with Crippen LogP contribution in [0.4, 0.5) is 10.1 Å². The van der Waals surface area contributed by atoms with Crippen LogP contribution >= 0.6 is 0 Å². The summed E-state index contributed by atoms with van der Waals surface area (Å²) in [4.78, 5) is 2.29. The Kier molecular flexibility index (Phi) is 5.85. The average molecular weight is 294 g/mol. The number of hydrogen-bond acceptors (Lipinski definition) is 3. The fourth-order valence-corrected chi connectivity index (χ4v) is 3.03. The van der Waals surface area contributed by atoms with Crippen LogP contribution in [0.15, 0.2) is 18.2 Å². The molecule has 21 heavy (non-hydrogen) atoms. The van der Waals surface area contributed by atoms with Gasteiger partial charge in [-0.25, -0.2) is 4.39 Å². The van der Waals surface area contributed by atoms with Gasteiger partial charge < -0.3 is 15.0 Å². The highest BCUT2D eigenvalue weighted by Gasteiger charge is 2.25. The highest BCUT2D eigenvalue weighted by molar-refractivity contribution is 5.51. The zero-order chi connectivity index (χ0) is 15.2. The Hall–Kier alpha value is -1.29. The van der Waals surface area contributed by atoms with Crippen molar-refractivity contribution in [2.45, 2.75) is 52.1 Å². The Bertz CT molecular complexity index is 452. The molecule has 4 heteroatoms. The lowest BCUT2D eigenvalue weighted by atomic mass is 9.97. The molecule has 0 radical (unpaired) electrons. The van der Waals surface area contributed by atoms with Crippen LogP contribution in [0.2, 0.25) is 0 Å². The summed E-state index contributed by atoms with van der Waals surface area (Å²) >= 11 is 0. The monoisotopic (exact) mass is 294 g/mol. The number of benzene rings is 1. The molecule has 118 valence electrons. The standard InChI is InChI=1S/C17H27FN2O/c1-4-9-19-14-8-10-20(13(3)11-14)15-6-7-17(21-5-2)16(18)12-15/h6-7,12-14,19H,4-5,8-11H2,1-3H3. The van der Waals surface area contributed by atoms with E-state index in [1.165, 1.54) is 6.42 Å². The number of ether oxygens (including phenoxy) is 1. The Morgan fingerprint density at radius 3 is 2.81 bits per heavy atom. The fourth-order valence-electron chi connectivity index (χ4n) is 3.03. The zero-order valence-corrected chi connectivity index (χ0v) is 13.4. The second kappa shape index (κ2) is 7.64. The molecule has 2 unspecified atom stereocenters. The van der Waals surface area contributed by atoms with Gasteiger partial charge in [-0.3, -0.25) is 0 Å². The van der Waals surface area contributed by atoms with E-state index in [2.05, 4.69) is 24.1 Å². The van der Waals surface area contributed by atoms with E-state index in [-0.39, 0.29) is 5.82 Å². The van der Waals surface area contributed by atoms with Crippen LogP contribution in [0, 0.1) is 5.82 Å². The van der Waals surface area contributed by atoms with Crippen molar-refractivity contribution in [3.63, 3.8) is 0 Å². The molecule has 1 aliphatic heterocycles. The van der Waals surface area contributed by atoms with E-state index >= 15 is 0 Å². The topological polar surface area (TPSA) is 24.5 Å². The van der Waals surface area contributed by atoms with Crippen molar-refractivity contribution < 1.29 is 9.13 Å². The molecule has 0 amide bonds. The Morgan fingerprint density at radius 2 is 2.19 bits per heavy atom. The molecule has 0 aromatic heterocycles. The molecule has 0 spiro atoms. The molecular formula is C17H27FN2O. The third kappa shape index (κ3) is 4.10. The number of nitrogens with one attached hydrogen (secondary N) is 1. The molecule has 1 fully saturated rings. The van der Waals surface area contributed by atoms with Gasteiger partial charge in [-0.1, -0.05) is 6.92 Å². The highest BCUT2D eigenvalue weighted by atomic mass is 19.1. The number of anilines is 1. The fraction of sp³-hybridized carbons (Fsp3) is 0.647. The first-order chi connectivity index (χ1) is 10.2. The molecule has 0 saturated carbocycles. The van der Waals surface area contributed by atoms with Crippen LogP contribution in [-0.2, 0) is 0 Å². The van der Waals surface area contributed by atoms with Gasteiger partial charge in [0, 0.05) is 30.4 Å². The van der Waals surface area contributed by atoms with Crippen molar-refractivity contribution in [3.8, 4) is 5.75 Å². The molecule has 1 N–H and O–H groups in total. The van der Waals surface area contributed by atoms with Gasteiger partial charge in [0.2, 0.25) is 0 Å². The highest BCUT2D eigenvalue weighted by Crippen LogP contribution is 2.28. The van der Waals surface area contributed by atoms with Crippen LogP contribution in [0.25, 0.3) is 0 Å². The van der Waals surface area contributed by atoms with Crippen molar-refractivity contribution in [1.29, 1.82) is 0 Å². The summed E-state index contributed by atoms with van der Waals surface area (Å²) in [5, 5.41) is 3.59. The SMILES string of the molecule is CCCNC1CCN(c2ccc(OCC)c(F)c2)C(C)C1. The van der Waals surface area contributed by atoms with Crippen molar-refractivity contribution >= 4 is 5.69 Å². The van der Waals surface area contributed by atoms with Crippen molar-refractivity contribution in [2.75, 3.05) is 24.6 Å². The lowest BCUT2D eigenvalue weighted by molar-refractivity contribution is 0.321. The predicted octanol–water partition coefficient (Wildman–Crippen LogP) is 3.58. The maximum atomic E-state index is 14.0. The van der Waals surface area contributed by atoms with Gasteiger partial charge in [-0.15, -0.1) is 0 Å². The molecule has 3 nitrogen and oxygen atoms in total. The van der Waals surface area contributed by atoms with Crippen molar-refractivity contribution in [2.24, 2.45) is 0 Å². The summed E-state index contributed by atoms with van der Waals surface area (Å²) in [6.45, 7) is 8.80. The van der Waals surface area contributed by atoms with E-state index in [1.54, 1.807) is 12.1 Å². The zero-order valence-electron chi connectivity index (χ0n) is 13.4. The van der Waals surface area contributed by atoms with E-state index in [9.17, 15) is 4.39 Å². The second-order valence-electron chi connectivity index (χ2n) is 5.77. The Labute approximate surface area is 127 Å². The van der Waals surface area contributed by atoms with Crippen LogP contribution in [0.3, 0.4) is 0 Å². The lowest BCUT2D eigenvalue weighted by Gasteiger charge is -2.39. The molecule has 2 rings (SSSR count). The molecular weight excluding hydrogens is 267 g/mol. The van der Waals surface area contributed by atoms with E-state index in [4.69, 9.17) is 4.74 Å². The number of rotatable bonds is 6.